The van der Waals surface area contributed by atoms with Gasteiger partial charge in [0.15, 0.2) is 5.82 Å². The summed E-state index contributed by atoms with van der Waals surface area (Å²) in [5, 5.41) is 8.58. The smallest absolute Gasteiger partial charge is 0.153 e. The Labute approximate surface area is 140 Å². The number of unbranched alkanes of at least 4 members (excludes halogenated alkanes) is 3. The van der Waals surface area contributed by atoms with Crippen molar-refractivity contribution in [3.63, 3.8) is 0 Å². The van der Waals surface area contributed by atoms with Gasteiger partial charge < -0.3 is 10.3 Å². The summed E-state index contributed by atoms with van der Waals surface area (Å²) in [6.07, 6.45) is 4.84. The minimum Gasteiger partial charge on any atom is -0.382 e. The van der Waals surface area contributed by atoms with E-state index in [1.54, 1.807) is 0 Å². The second-order valence-electron chi connectivity index (χ2n) is 5.88. The number of nitrogens with two attached hydrogens (primary N) is 1. The lowest BCUT2D eigenvalue weighted by atomic mass is 10.1. The predicted molar refractivity (Wildman–Crippen MR) is 95.6 cm³/mol. The van der Waals surface area contributed by atoms with E-state index in [2.05, 4.69) is 26.7 Å². The quantitative estimate of drug-likeness (QED) is 0.651. The summed E-state index contributed by atoms with van der Waals surface area (Å²) in [5.74, 6) is 1.46. The average Bonchev–Trinajstić information content (AvgIpc) is 3.05. The molecule has 3 N–H and O–H groups in total. The summed E-state index contributed by atoms with van der Waals surface area (Å²) < 4.78 is 2.10. The fraction of sp³-hybridized carbons (Fsp3) is 0.412. The summed E-state index contributed by atoms with van der Waals surface area (Å²) in [6.45, 7) is 5.13. The molecule has 0 aliphatic rings. The van der Waals surface area contributed by atoms with Crippen molar-refractivity contribution in [2.24, 2.45) is 0 Å². The Morgan fingerprint density at radius 3 is 2.87 bits per heavy atom. The largest absolute Gasteiger partial charge is 0.382 e. The Bertz CT molecular complexity index is 818. The first kappa shape index (κ1) is 15.9. The van der Waals surface area contributed by atoms with Crippen molar-refractivity contribution in [3.8, 4) is 11.3 Å². The summed E-state index contributed by atoms with van der Waals surface area (Å²) >= 11 is 6.58. The molecule has 0 atom stereocenters. The van der Waals surface area contributed by atoms with Crippen LogP contribution < -0.4 is 5.73 Å². The van der Waals surface area contributed by atoms with E-state index in [4.69, 9.17) is 17.3 Å². The molecule has 6 heteroatoms. The van der Waals surface area contributed by atoms with Gasteiger partial charge in [0.05, 0.1) is 5.52 Å². The van der Waals surface area contributed by atoms with E-state index < -0.39 is 0 Å². The summed E-state index contributed by atoms with van der Waals surface area (Å²) in [7, 11) is 0. The van der Waals surface area contributed by atoms with E-state index in [-0.39, 0.29) is 0 Å². The maximum atomic E-state index is 6.58. The van der Waals surface area contributed by atoms with Gasteiger partial charge in [-0.05, 0) is 25.5 Å². The number of halogens is 1. The zero-order valence-electron chi connectivity index (χ0n) is 13.6. The molecule has 0 saturated heterocycles. The number of nitrogens with zero attached hydrogens (tertiary/aromatic N) is 3. The predicted octanol–water partition coefficient (Wildman–Crippen LogP) is 4.55. The Balaban J connectivity index is 1.89. The van der Waals surface area contributed by atoms with Gasteiger partial charge in [0.25, 0.3) is 0 Å². The number of fused-ring (bicyclic) bond motifs is 1. The highest BCUT2D eigenvalue weighted by atomic mass is 35.5. The minimum atomic E-state index is 0.510. The molecule has 0 aliphatic heterocycles. The number of imidazole rings is 1. The highest BCUT2D eigenvalue weighted by molar-refractivity contribution is 6.32. The standard InChI is InChI=1S/C17H22ClN5/c1-3-4-5-6-9-23-11(2)20-15(16(23)18)12-7-8-13-14(10-12)21-22-17(13)19/h7-8,10H,3-6,9H2,1-2H3,(H3,19,21,22). The molecule has 122 valence electrons. The van der Waals surface area contributed by atoms with Crippen LogP contribution >= 0.6 is 11.6 Å². The Hall–Kier alpha value is -2.01. The summed E-state index contributed by atoms with van der Waals surface area (Å²) in [5.41, 5.74) is 8.50. The Kier molecular flexibility index (Phi) is 4.57. The highest BCUT2D eigenvalue weighted by Crippen LogP contribution is 2.31. The van der Waals surface area contributed by atoms with Crippen LogP contribution in [0.2, 0.25) is 5.15 Å². The molecule has 0 aliphatic carbocycles. The van der Waals surface area contributed by atoms with Crippen molar-refractivity contribution in [2.75, 3.05) is 5.73 Å². The zero-order valence-corrected chi connectivity index (χ0v) is 14.3. The Morgan fingerprint density at radius 1 is 1.26 bits per heavy atom. The highest BCUT2D eigenvalue weighted by Gasteiger charge is 2.15. The van der Waals surface area contributed by atoms with Gasteiger partial charge in [-0.15, -0.1) is 0 Å². The van der Waals surface area contributed by atoms with Crippen molar-refractivity contribution >= 4 is 28.3 Å². The monoisotopic (exact) mass is 331 g/mol. The number of aromatic amines is 1. The van der Waals surface area contributed by atoms with Crippen molar-refractivity contribution in [2.45, 2.75) is 46.1 Å². The third-order valence-electron chi connectivity index (χ3n) is 4.20. The van der Waals surface area contributed by atoms with Crippen LogP contribution in [0.4, 0.5) is 5.82 Å². The molecular formula is C17H22ClN5. The number of aryl methyl sites for hydroxylation is 1. The van der Waals surface area contributed by atoms with Gasteiger partial charge in [-0.3, -0.25) is 5.10 Å². The molecule has 0 unspecified atom stereocenters. The van der Waals surface area contributed by atoms with Crippen molar-refractivity contribution in [1.82, 2.24) is 19.7 Å². The van der Waals surface area contributed by atoms with E-state index in [0.29, 0.717) is 11.0 Å². The van der Waals surface area contributed by atoms with E-state index in [1.807, 2.05) is 25.1 Å². The van der Waals surface area contributed by atoms with Crippen molar-refractivity contribution < 1.29 is 0 Å². The second kappa shape index (κ2) is 6.62. The molecule has 23 heavy (non-hydrogen) atoms. The lowest BCUT2D eigenvalue weighted by Crippen LogP contribution is -2.00. The van der Waals surface area contributed by atoms with E-state index >= 15 is 0 Å². The molecular weight excluding hydrogens is 310 g/mol. The summed E-state index contributed by atoms with van der Waals surface area (Å²) in [6, 6.07) is 5.94. The normalized spacial score (nSPS) is 11.4. The number of benzene rings is 1. The third-order valence-corrected chi connectivity index (χ3v) is 4.58. The van der Waals surface area contributed by atoms with Gasteiger partial charge >= 0.3 is 0 Å². The topological polar surface area (TPSA) is 72.5 Å². The maximum Gasteiger partial charge on any atom is 0.153 e. The number of rotatable bonds is 6. The van der Waals surface area contributed by atoms with Gasteiger partial charge in [0.1, 0.15) is 16.7 Å². The van der Waals surface area contributed by atoms with Crippen molar-refractivity contribution in [3.05, 3.63) is 29.2 Å². The van der Waals surface area contributed by atoms with Crippen LogP contribution in [0.5, 0.6) is 0 Å². The van der Waals surface area contributed by atoms with Gasteiger partial charge in [-0.1, -0.05) is 43.9 Å². The van der Waals surface area contributed by atoms with E-state index in [0.717, 1.165) is 41.0 Å². The van der Waals surface area contributed by atoms with Crippen LogP contribution in [-0.4, -0.2) is 19.7 Å². The molecule has 0 amide bonds. The first-order valence-electron chi connectivity index (χ1n) is 8.08. The van der Waals surface area contributed by atoms with Crippen LogP contribution in [-0.2, 0) is 6.54 Å². The number of aromatic nitrogens is 4. The van der Waals surface area contributed by atoms with Gasteiger partial charge in [0, 0.05) is 17.5 Å². The zero-order chi connectivity index (χ0) is 16.4. The molecule has 2 heterocycles. The van der Waals surface area contributed by atoms with Crippen LogP contribution in [0.15, 0.2) is 18.2 Å². The van der Waals surface area contributed by atoms with Crippen LogP contribution in [0.25, 0.3) is 22.2 Å². The van der Waals surface area contributed by atoms with Gasteiger partial charge in [0.2, 0.25) is 0 Å². The average molecular weight is 332 g/mol. The molecule has 5 nitrogen and oxygen atoms in total. The number of anilines is 1. The molecule has 3 rings (SSSR count). The maximum absolute atomic E-state index is 6.58. The number of hydrogen-bond donors (Lipinski definition) is 2. The molecule has 0 saturated carbocycles. The van der Waals surface area contributed by atoms with Crippen LogP contribution in [0.3, 0.4) is 0 Å². The Morgan fingerprint density at radius 2 is 2.09 bits per heavy atom. The number of H-pyrrole nitrogens is 1. The van der Waals surface area contributed by atoms with Gasteiger partial charge in [-0.2, -0.15) is 5.10 Å². The van der Waals surface area contributed by atoms with Gasteiger partial charge in [-0.25, -0.2) is 4.98 Å². The fourth-order valence-corrected chi connectivity index (χ4v) is 3.22. The van der Waals surface area contributed by atoms with Crippen LogP contribution in [0.1, 0.15) is 38.4 Å². The van der Waals surface area contributed by atoms with Crippen LogP contribution in [0, 0.1) is 6.92 Å². The molecule has 0 fully saturated rings. The van der Waals surface area contributed by atoms with Crippen molar-refractivity contribution in [1.29, 1.82) is 0 Å². The fourth-order valence-electron chi connectivity index (χ4n) is 2.87. The molecule has 0 spiro atoms. The van der Waals surface area contributed by atoms with E-state index in [1.165, 1.54) is 19.3 Å². The number of hydrogen-bond acceptors (Lipinski definition) is 3. The number of nitrogen functional groups attached to an aromatic ring is 1. The lowest BCUT2D eigenvalue weighted by molar-refractivity contribution is 0.573. The number of nitrogens with one attached hydrogen (secondary N) is 1. The summed E-state index contributed by atoms with van der Waals surface area (Å²) in [4.78, 5) is 4.66. The van der Waals surface area contributed by atoms with E-state index in [9.17, 15) is 0 Å². The first-order valence-corrected chi connectivity index (χ1v) is 8.46. The lowest BCUT2D eigenvalue weighted by Gasteiger charge is -2.06. The SMILES string of the molecule is CCCCCCn1c(C)nc(-c2ccc3c(N)n[nH]c3c2)c1Cl. The second-order valence-corrected chi connectivity index (χ2v) is 6.24. The molecule has 2 aromatic heterocycles. The minimum absolute atomic E-state index is 0.510. The first-order chi connectivity index (χ1) is 11.1. The molecule has 0 bridgehead atoms. The third kappa shape index (κ3) is 3.06. The molecule has 3 aromatic rings. The molecule has 0 radical (unpaired) electrons. The molecule has 1 aromatic carbocycles.